The van der Waals surface area contributed by atoms with Crippen LogP contribution in [0.1, 0.15) is 0 Å². The van der Waals surface area contributed by atoms with Gasteiger partial charge in [0.05, 0.1) is 26.9 Å². The average Bonchev–Trinajstić information content (AvgIpc) is 2.16. The summed E-state index contributed by atoms with van der Waals surface area (Å²) in [5.41, 5.74) is -3.00. The predicted molar refractivity (Wildman–Crippen MR) is 53.8 cm³/mol. The van der Waals surface area contributed by atoms with E-state index in [2.05, 4.69) is 0 Å². The van der Waals surface area contributed by atoms with Crippen LogP contribution in [0.15, 0.2) is 12.1 Å². The molecule has 85 valence electrons. The number of nitro benzene ring substituents is 3. The molecular formula is C6H3N3O7Rb. The number of benzene rings is 1. The van der Waals surface area contributed by atoms with Gasteiger partial charge in [0, 0.05) is 58.2 Å². The maximum Gasteiger partial charge on any atom is 0.324 e. The number of hydrogen-bond donors (Lipinski definition) is 1. The Kier molecular flexibility index (Phi) is 5.74. The Balaban J connectivity index is 0.00000256. The van der Waals surface area contributed by atoms with E-state index in [4.69, 9.17) is 5.11 Å². The van der Waals surface area contributed by atoms with E-state index in [1.165, 1.54) is 0 Å². The van der Waals surface area contributed by atoms with Crippen LogP contribution >= 0.6 is 0 Å². The van der Waals surface area contributed by atoms with Crippen molar-refractivity contribution in [1.82, 2.24) is 0 Å². The van der Waals surface area contributed by atoms with Gasteiger partial charge in [-0.1, -0.05) is 0 Å². The molecule has 0 aliphatic rings. The number of rotatable bonds is 3. The summed E-state index contributed by atoms with van der Waals surface area (Å²) in [4.78, 5) is 27.8. The van der Waals surface area contributed by atoms with Gasteiger partial charge < -0.3 is 5.11 Å². The Bertz CT molecular complexity index is 467. The minimum absolute atomic E-state index is 0. The van der Waals surface area contributed by atoms with Crippen molar-refractivity contribution < 1.29 is 19.9 Å². The molecule has 10 nitrogen and oxygen atoms in total. The van der Waals surface area contributed by atoms with Crippen molar-refractivity contribution in [1.29, 1.82) is 0 Å². The van der Waals surface area contributed by atoms with E-state index in [1.54, 1.807) is 0 Å². The van der Waals surface area contributed by atoms with Crippen molar-refractivity contribution in [3.05, 3.63) is 42.5 Å². The van der Waals surface area contributed by atoms with Crippen LogP contribution in [0.3, 0.4) is 0 Å². The first-order valence-corrected chi connectivity index (χ1v) is 3.64. The molecule has 0 saturated carbocycles. The third-order valence-electron chi connectivity index (χ3n) is 1.66. The molecule has 0 aliphatic heterocycles. The van der Waals surface area contributed by atoms with Crippen LogP contribution in [-0.2, 0) is 0 Å². The van der Waals surface area contributed by atoms with Crippen LogP contribution in [-0.4, -0.2) is 78.1 Å². The number of nitrogens with zero attached hydrogens (tertiary/aromatic N) is 3. The topological polar surface area (TPSA) is 150 Å². The molecule has 17 heavy (non-hydrogen) atoms. The zero-order chi connectivity index (χ0) is 12.5. The minimum atomic E-state index is -1.21. The van der Waals surface area contributed by atoms with Crippen molar-refractivity contribution >= 4 is 75.2 Å². The zero-order valence-corrected chi connectivity index (χ0v) is 13.3. The molecule has 1 N–H and O–H groups in total. The molecule has 0 amide bonds. The van der Waals surface area contributed by atoms with Gasteiger partial charge in [-0.25, -0.2) is 0 Å². The molecule has 1 rings (SSSR count). The molecule has 0 atom stereocenters. The number of phenols is 1. The van der Waals surface area contributed by atoms with Crippen LogP contribution in [0, 0.1) is 30.3 Å². The van der Waals surface area contributed by atoms with Crippen molar-refractivity contribution in [3.63, 3.8) is 0 Å². The second kappa shape index (κ2) is 6.09. The van der Waals surface area contributed by atoms with Gasteiger partial charge in [0.1, 0.15) is 0 Å². The molecule has 1 aromatic carbocycles. The fraction of sp³-hybridized carbons (Fsp3) is 0. The second-order valence-corrected chi connectivity index (χ2v) is 2.60. The van der Waals surface area contributed by atoms with Crippen molar-refractivity contribution in [3.8, 4) is 5.75 Å². The van der Waals surface area contributed by atoms with Gasteiger partial charge >= 0.3 is 11.4 Å². The van der Waals surface area contributed by atoms with Crippen LogP contribution in [0.4, 0.5) is 17.1 Å². The summed E-state index contributed by atoms with van der Waals surface area (Å²) in [6, 6.07) is 0.894. The maximum atomic E-state index is 10.4. The molecule has 0 spiro atoms. The smallest absolute Gasteiger partial charge is 0.324 e. The van der Waals surface area contributed by atoms with Gasteiger partial charge in [0.15, 0.2) is 0 Å². The molecule has 0 fully saturated rings. The van der Waals surface area contributed by atoms with Crippen LogP contribution in [0.25, 0.3) is 0 Å². The van der Waals surface area contributed by atoms with Gasteiger partial charge in [-0.05, 0) is 0 Å². The molecule has 11 heteroatoms. The molecule has 0 heterocycles. The van der Waals surface area contributed by atoms with Gasteiger partial charge in [-0.3, -0.25) is 30.3 Å². The van der Waals surface area contributed by atoms with Gasteiger partial charge in [0.25, 0.3) is 11.4 Å². The Labute approximate surface area is 141 Å². The zero-order valence-electron chi connectivity index (χ0n) is 8.39. The Morgan fingerprint density at radius 2 is 1.24 bits per heavy atom. The standard InChI is InChI=1S/C6H3N3O7.Rb/c10-6-4(8(13)14)1-3(7(11)12)2-5(6)9(15)16;/h1-2,10H;. The number of non-ortho nitro benzene ring substituents is 1. The first-order valence-electron chi connectivity index (χ1n) is 3.64. The molecule has 0 saturated heterocycles. The Morgan fingerprint density at radius 1 is 0.882 bits per heavy atom. The largest absolute Gasteiger partial charge is 0.497 e. The van der Waals surface area contributed by atoms with E-state index in [0.29, 0.717) is 12.1 Å². The summed E-state index contributed by atoms with van der Waals surface area (Å²) in [5, 5.41) is 40.2. The molecule has 0 unspecified atom stereocenters. The first kappa shape index (κ1) is 16.0. The average molecular weight is 315 g/mol. The fourth-order valence-corrected chi connectivity index (χ4v) is 0.974. The van der Waals surface area contributed by atoms with Crippen LogP contribution in [0.5, 0.6) is 5.75 Å². The third kappa shape index (κ3) is 3.49. The van der Waals surface area contributed by atoms with Crippen LogP contribution < -0.4 is 0 Å². The van der Waals surface area contributed by atoms with E-state index in [0.717, 1.165) is 0 Å². The summed E-state index contributed by atoms with van der Waals surface area (Å²) in [7, 11) is 0. The maximum absolute atomic E-state index is 10.4. The molecule has 0 aliphatic carbocycles. The SMILES string of the molecule is O=[N+]([O-])c1cc([N+](=O)[O-])c(O)c([N+](=O)[O-])c1.[Rb]. The first-order chi connectivity index (χ1) is 7.34. The monoisotopic (exact) mass is 314 g/mol. The van der Waals surface area contributed by atoms with Gasteiger partial charge in [0.2, 0.25) is 0 Å². The van der Waals surface area contributed by atoms with Crippen molar-refractivity contribution in [2.24, 2.45) is 0 Å². The molecule has 1 radical (unpaired) electrons. The summed E-state index contributed by atoms with van der Waals surface area (Å²) in [5.74, 6) is -1.21. The van der Waals surface area contributed by atoms with Crippen LogP contribution in [0.2, 0.25) is 0 Å². The second-order valence-electron chi connectivity index (χ2n) is 2.60. The molecular weight excluding hydrogens is 312 g/mol. The summed E-state index contributed by atoms with van der Waals surface area (Å²) < 4.78 is 0. The number of phenolic OH excluding ortho intramolecular Hbond substituents is 1. The van der Waals surface area contributed by atoms with Gasteiger partial charge in [-0.15, -0.1) is 0 Å². The number of nitro groups is 3. The van der Waals surface area contributed by atoms with E-state index in [9.17, 15) is 30.3 Å². The Hall–Kier alpha value is -0.975. The third-order valence-corrected chi connectivity index (χ3v) is 1.66. The van der Waals surface area contributed by atoms with Gasteiger partial charge in [-0.2, -0.15) is 0 Å². The molecule has 1 aromatic rings. The molecule has 0 bridgehead atoms. The molecule has 0 aromatic heterocycles. The Morgan fingerprint density at radius 3 is 1.47 bits per heavy atom. The van der Waals surface area contributed by atoms with E-state index >= 15 is 0 Å². The normalized spacial score (nSPS) is 9.18. The van der Waals surface area contributed by atoms with E-state index in [1.807, 2.05) is 0 Å². The predicted octanol–water partition coefficient (Wildman–Crippen LogP) is 0.736. The quantitative estimate of drug-likeness (QED) is 0.638. The number of hydrogen-bond acceptors (Lipinski definition) is 7. The number of aromatic hydroxyl groups is 1. The summed E-state index contributed by atoms with van der Waals surface area (Å²) >= 11 is 0. The minimum Gasteiger partial charge on any atom is -0.497 e. The van der Waals surface area contributed by atoms with E-state index < -0.39 is 37.6 Å². The summed E-state index contributed by atoms with van der Waals surface area (Å²) in [6.45, 7) is 0. The van der Waals surface area contributed by atoms with Crippen molar-refractivity contribution in [2.75, 3.05) is 0 Å². The fourth-order valence-electron chi connectivity index (χ4n) is 0.974. The van der Waals surface area contributed by atoms with E-state index in [-0.39, 0.29) is 58.2 Å². The summed E-state index contributed by atoms with van der Waals surface area (Å²) in [6.07, 6.45) is 0. The van der Waals surface area contributed by atoms with Crippen molar-refractivity contribution in [2.45, 2.75) is 0 Å².